The van der Waals surface area contributed by atoms with Gasteiger partial charge in [0.2, 0.25) is 0 Å². The second-order valence-corrected chi connectivity index (χ2v) is 8.01. The lowest BCUT2D eigenvalue weighted by Crippen LogP contribution is -2.36. The normalized spacial score (nSPS) is 19.1. The summed E-state index contributed by atoms with van der Waals surface area (Å²) in [5, 5.41) is 19.4. The number of alkyl halides is 3. The second-order valence-electron chi connectivity index (χ2n) is 8.01. The van der Waals surface area contributed by atoms with Crippen molar-refractivity contribution in [2.24, 2.45) is 0 Å². The first-order chi connectivity index (χ1) is 15.1. The number of aliphatic hydroxyl groups is 1. The Morgan fingerprint density at radius 3 is 2.62 bits per heavy atom. The van der Waals surface area contributed by atoms with Crippen LogP contribution in [-0.2, 0) is 0 Å². The number of rotatable bonds is 4. The van der Waals surface area contributed by atoms with Crippen LogP contribution in [0.15, 0.2) is 54.7 Å². The predicted molar refractivity (Wildman–Crippen MR) is 115 cm³/mol. The predicted octanol–water partition coefficient (Wildman–Crippen LogP) is 5.16. The Bertz CT molecular complexity index is 1120. The van der Waals surface area contributed by atoms with Gasteiger partial charge in [0.05, 0.1) is 18.3 Å². The van der Waals surface area contributed by atoms with E-state index in [2.05, 4.69) is 15.7 Å². The van der Waals surface area contributed by atoms with Gasteiger partial charge in [-0.05, 0) is 37.1 Å². The molecule has 1 aliphatic rings. The number of nitrogens with zero attached hydrogens (tertiary/aromatic N) is 2. The zero-order valence-electron chi connectivity index (χ0n) is 17.5. The number of aromatic nitrogens is 2. The van der Waals surface area contributed by atoms with Crippen LogP contribution in [0.3, 0.4) is 0 Å². The molecule has 6 nitrogen and oxygen atoms in total. The van der Waals surface area contributed by atoms with Crippen LogP contribution >= 0.6 is 0 Å². The van der Waals surface area contributed by atoms with E-state index in [1.165, 1.54) is 0 Å². The first-order valence-electron chi connectivity index (χ1n) is 10.2. The van der Waals surface area contributed by atoms with Crippen LogP contribution in [0.4, 0.5) is 24.7 Å². The van der Waals surface area contributed by atoms with E-state index in [-0.39, 0.29) is 17.8 Å². The molecule has 4 rings (SSSR count). The lowest BCUT2D eigenvalue weighted by atomic mass is 9.96. The van der Waals surface area contributed by atoms with Crippen molar-refractivity contribution < 1.29 is 23.1 Å². The fraction of sp³-hybridized carbons (Fsp3) is 0.304. The Balaban J connectivity index is 1.67. The van der Waals surface area contributed by atoms with Crippen molar-refractivity contribution in [2.45, 2.75) is 44.6 Å². The summed E-state index contributed by atoms with van der Waals surface area (Å²) in [5.41, 5.74) is 2.74. The third-order valence-corrected chi connectivity index (χ3v) is 5.59. The van der Waals surface area contributed by atoms with Crippen LogP contribution in [0, 0.1) is 6.92 Å². The molecule has 3 atom stereocenters. The molecule has 0 fully saturated rings. The van der Waals surface area contributed by atoms with E-state index >= 15 is 0 Å². The van der Waals surface area contributed by atoms with Gasteiger partial charge in [0.1, 0.15) is 11.4 Å². The molecule has 0 unspecified atom stereocenters. The summed E-state index contributed by atoms with van der Waals surface area (Å²) in [4.78, 5) is 12.9. The highest BCUT2D eigenvalue weighted by Gasteiger charge is 2.47. The third kappa shape index (κ3) is 4.34. The standard InChI is InChI=1S/C23H23F3N4O2/c1-13-6-8-15(9-7-13)19-11-20(23(24,25)26)30-21(29-19)18(12-27-30)22(32)28-17-5-3-4-16(10-17)14(2)31/h3-10,12,14,19-20,29,31H,11H2,1-2H3,(H,28,32)/t14-,19+,20-/m0/s1. The summed E-state index contributed by atoms with van der Waals surface area (Å²) in [7, 11) is 0. The van der Waals surface area contributed by atoms with Gasteiger partial charge in [-0.15, -0.1) is 0 Å². The first kappa shape index (κ1) is 21.9. The van der Waals surface area contributed by atoms with Gasteiger partial charge in [0.15, 0.2) is 6.04 Å². The largest absolute Gasteiger partial charge is 0.410 e. The molecule has 1 aromatic heterocycles. The minimum absolute atomic E-state index is 0.0125. The molecule has 0 saturated carbocycles. The maximum atomic E-state index is 13.8. The van der Waals surface area contributed by atoms with Gasteiger partial charge >= 0.3 is 6.18 Å². The topological polar surface area (TPSA) is 79.2 Å². The molecule has 3 N–H and O–H groups in total. The van der Waals surface area contributed by atoms with Crippen molar-refractivity contribution in [3.05, 3.63) is 77.0 Å². The number of benzene rings is 2. The maximum absolute atomic E-state index is 13.8. The number of amides is 1. The SMILES string of the molecule is Cc1ccc([C@H]2C[C@@H](C(F)(F)F)n3ncc(C(=O)Nc4cccc([C@H](C)O)c4)c3N2)cc1. The molecule has 0 radical (unpaired) electrons. The Hall–Kier alpha value is -3.33. The van der Waals surface area contributed by atoms with Crippen molar-refractivity contribution in [3.8, 4) is 0 Å². The number of aliphatic hydroxyl groups excluding tert-OH is 1. The van der Waals surface area contributed by atoms with E-state index in [1.54, 1.807) is 43.3 Å². The van der Waals surface area contributed by atoms with Gasteiger partial charge in [0, 0.05) is 12.1 Å². The van der Waals surface area contributed by atoms with E-state index in [4.69, 9.17) is 0 Å². The number of hydrogen-bond acceptors (Lipinski definition) is 4. The minimum atomic E-state index is -4.52. The number of carbonyl (C=O) groups excluding carboxylic acids is 1. The molecular weight excluding hydrogens is 421 g/mol. The van der Waals surface area contributed by atoms with Gasteiger partial charge in [-0.2, -0.15) is 18.3 Å². The highest BCUT2D eigenvalue weighted by atomic mass is 19.4. The fourth-order valence-electron chi connectivity index (χ4n) is 3.82. The molecule has 0 saturated heterocycles. The van der Waals surface area contributed by atoms with Crippen LogP contribution in [0.2, 0.25) is 0 Å². The van der Waals surface area contributed by atoms with E-state index in [0.29, 0.717) is 16.8 Å². The first-order valence-corrected chi connectivity index (χ1v) is 10.2. The van der Waals surface area contributed by atoms with Gasteiger partial charge in [-0.1, -0.05) is 42.0 Å². The van der Waals surface area contributed by atoms with E-state index in [1.807, 2.05) is 19.1 Å². The van der Waals surface area contributed by atoms with Gasteiger partial charge in [-0.3, -0.25) is 4.79 Å². The van der Waals surface area contributed by atoms with Gasteiger partial charge in [-0.25, -0.2) is 4.68 Å². The van der Waals surface area contributed by atoms with Crippen molar-refractivity contribution in [1.82, 2.24) is 9.78 Å². The highest BCUT2D eigenvalue weighted by Crippen LogP contribution is 2.44. The summed E-state index contributed by atoms with van der Waals surface area (Å²) in [6.07, 6.45) is -4.34. The number of fused-ring (bicyclic) bond motifs is 1. The zero-order valence-corrected chi connectivity index (χ0v) is 17.5. The summed E-state index contributed by atoms with van der Waals surface area (Å²) in [5.74, 6) is -0.569. The summed E-state index contributed by atoms with van der Waals surface area (Å²) >= 11 is 0. The van der Waals surface area contributed by atoms with Crippen LogP contribution in [0.5, 0.6) is 0 Å². The van der Waals surface area contributed by atoms with Gasteiger partial charge in [0.25, 0.3) is 5.91 Å². The van der Waals surface area contributed by atoms with Gasteiger partial charge < -0.3 is 15.7 Å². The summed E-state index contributed by atoms with van der Waals surface area (Å²) in [6.45, 7) is 3.50. The van der Waals surface area contributed by atoms with Crippen LogP contribution in [0.25, 0.3) is 0 Å². The monoisotopic (exact) mass is 444 g/mol. The number of halogens is 3. The van der Waals surface area contributed by atoms with E-state index < -0.39 is 30.3 Å². The van der Waals surface area contributed by atoms with Crippen molar-refractivity contribution in [2.75, 3.05) is 10.6 Å². The number of anilines is 2. The molecule has 32 heavy (non-hydrogen) atoms. The fourth-order valence-corrected chi connectivity index (χ4v) is 3.82. The molecule has 2 heterocycles. The zero-order chi connectivity index (χ0) is 23.0. The molecule has 0 bridgehead atoms. The number of nitrogens with one attached hydrogen (secondary N) is 2. The molecule has 0 spiro atoms. The maximum Gasteiger partial charge on any atom is 0.410 e. The van der Waals surface area contributed by atoms with Crippen molar-refractivity contribution >= 4 is 17.4 Å². The number of aryl methyl sites for hydroxylation is 1. The Morgan fingerprint density at radius 2 is 1.97 bits per heavy atom. The average Bonchev–Trinajstić information content (AvgIpc) is 3.17. The lowest BCUT2D eigenvalue weighted by Gasteiger charge is -2.34. The Morgan fingerprint density at radius 1 is 1.25 bits per heavy atom. The van der Waals surface area contributed by atoms with Crippen molar-refractivity contribution in [1.29, 1.82) is 0 Å². The molecule has 1 aliphatic heterocycles. The van der Waals surface area contributed by atoms with Crippen LogP contribution in [-0.4, -0.2) is 27.0 Å². The number of hydrogen-bond donors (Lipinski definition) is 3. The summed E-state index contributed by atoms with van der Waals surface area (Å²) in [6, 6.07) is 11.4. The molecule has 168 valence electrons. The lowest BCUT2D eigenvalue weighted by molar-refractivity contribution is -0.173. The van der Waals surface area contributed by atoms with Crippen LogP contribution < -0.4 is 10.6 Å². The average molecular weight is 444 g/mol. The minimum Gasteiger partial charge on any atom is -0.389 e. The van der Waals surface area contributed by atoms with E-state index in [9.17, 15) is 23.1 Å². The molecule has 2 aromatic carbocycles. The Labute approximate surface area is 183 Å². The quantitative estimate of drug-likeness (QED) is 0.520. The molecule has 1 amide bonds. The van der Waals surface area contributed by atoms with E-state index in [0.717, 1.165) is 16.4 Å². The molecular formula is C23H23F3N4O2. The molecule has 9 heteroatoms. The Kier molecular flexibility index (Phi) is 5.68. The smallest absolute Gasteiger partial charge is 0.389 e. The highest BCUT2D eigenvalue weighted by molar-refractivity contribution is 6.07. The third-order valence-electron chi connectivity index (χ3n) is 5.59. The molecule has 3 aromatic rings. The van der Waals surface area contributed by atoms with Crippen LogP contribution in [0.1, 0.15) is 58.6 Å². The number of carbonyl (C=O) groups is 1. The summed E-state index contributed by atoms with van der Waals surface area (Å²) < 4.78 is 42.4. The van der Waals surface area contributed by atoms with Crippen molar-refractivity contribution in [3.63, 3.8) is 0 Å². The molecule has 0 aliphatic carbocycles. The second kappa shape index (κ2) is 8.31.